The molecule has 0 aliphatic rings. The summed E-state index contributed by atoms with van der Waals surface area (Å²) >= 11 is 0. The first-order valence-electron chi connectivity index (χ1n) is 10.8. The van der Waals surface area contributed by atoms with Crippen LogP contribution in [0.25, 0.3) is 10.9 Å². The fraction of sp³-hybridized carbons (Fsp3) is 0.154. The number of hydrogen-bond donors (Lipinski definition) is 2. The third-order valence-electron chi connectivity index (χ3n) is 5.44. The van der Waals surface area contributed by atoms with Crippen molar-refractivity contribution in [1.82, 2.24) is 4.57 Å². The number of nitrogens with one attached hydrogen (secondary N) is 2. The van der Waals surface area contributed by atoms with Gasteiger partial charge >= 0.3 is 6.18 Å². The van der Waals surface area contributed by atoms with Gasteiger partial charge in [0.25, 0.3) is 5.91 Å². The van der Waals surface area contributed by atoms with E-state index in [1.54, 1.807) is 47.9 Å². The molecular weight excluding hydrogens is 462 g/mol. The molecule has 0 spiro atoms. The van der Waals surface area contributed by atoms with Gasteiger partial charge in [0.05, 0.1) is 5.56 Å². The van der Waals surface area contributed by atoms with Gasteiger partial charge in [0.15, 0.2) is 0 Å². The maximum absolute atomic E-state index is 13.8. The molecule has 1 aromatic heterocycles. The number of carbonyl (C=O) groups excluding carboxylic acids is 2. The molecule has 4 rings (SSSR count). The molecule has 3 aromatic carbocycles. The van der Waals surface area contributed by atoms with Gasteiger partial charge < -0.3 is 15.2 Å². The first-order chi connectivity index (χ1) is 16.6. The molecule has 0 aliphatic carbocycles. The van der Waals surface area contributed by atoms with Crippen LogP contribution in [0.15, 0.2) is 72.8 Å². The molecule has 0 radical (unpaired) electrons. The van der Waals surface area contributed by atoms with Crippen molar-refractivity contribution in [3.8, 4) is 0 Å². The van der Waals surface area contributed by atoms with Crippen molar-refractivity contribution in [2.75, 3.05) is 10.6 Å². The second-order valence-electron chi connectivity index (χ2n) is 7.95. The lowest BCUT2D eigenvalue weighted by Crippen LogP contribution is -2.17. The zero-order valence-corrected chi connectivity index (χ0v) is 18.6. The van der Waals surface area contributed by atoms with E-state index in [0.717, 1.165) is 12.1 Å². The van der Waals surface area contributed by atoms with Crippen LogP contribution in [0.1, 0.15) is 35.0 Å². The van der Waals surface area contributed by atoms with Gasteiger partial charge in [-0.05, 0) is 66.2 Å². The summed E-state index contributed by atoms with van der Waals surface area (Å²) in [5.41, 5.74) is 1.44. The molecule has 2 amide bonds. The van der Waals surface area contributed by atoms with Crippen LogP contribution >= 0.6 is 0 Å². The number of amides is 2. The predicted molar refractivity (Wildman–Crippen MR) is 126 cm³/mol. The zero-order valence-electron chi connectivity index (χ0n) is 18.6. The molecule has 0 saturated carbocycles. The fourth-order valence-corrected chi connectivity index (χ4v) is 3.71. The van der Waals surface area contributed by atoms with Gasteiger partial charge in [-0.25, -0.2) is 4.39 Å². The lowest BCUT2D eigenvalue weighted by atomic mass is 10.2. The first kappa shape index (κ1) is 24.0. The van der Waals surface area contributed by atoms with E-state index in [1.165, 1.54) is 24.3 Å². The Hall–Kier alpha value is -4.14. The van der Waals surface area contributed by atoms with Crippen LogP contribution in [0.4, 0.5) is 28.9 Å². The molecule has 4 aromatic rings. The summed E-state index contributed by atoms with van der Waals surface area (Å²) < 4.78 is 54.0. The van der Waals surface area contributed by atoms with Crippen LogP contribution in [-0.4, -0.2) is 16.4 Å². The van der Waals surface area contributed by atoms with Gasteiger partial charge in [0, 0.05) is 35.2 Å². The third kappa shape index (κ3) is 5.51. The Morgan fingerprint density at radius 2 is 1.60 bits per heavy atom. The van der Waals surface area contributed by atoms with E-state index in [0.29, 0.717) is 28.6 Å². The average molecular weight is 483 g/mol. The second-order valence-corrected chi connectivity index (χ2v) is 7.95. The Morgan fingerprint density at radius 3 is 2.26 bits per heavy atom. The van der Waals surface area contributed by atoms with E-state index in [1.807, 2.05) is 0 Å². The topological polar surface area (TPSA) is 63.1 Å². The molecule has 9 heteroatoms. The Balaban J connectivity index is 1.70. The minimum atomic E-state index is -4.48. The van der Waals surface area contributed by atoms with Crippen molar-refractivity contribution in [2.45, 2.75) is 26.1 Å². The number of fused-ring (bicyclic) bond motifs is 1. The van der Waals surface area contributed by atoms with Crippen molar-refractivity contribution in [1.29, 1.82) is 0 Å². The monoisotopic (exact) mass is 483 g/mol. The van der Waals surface area contributed by atoms with Crippen LogP contribution < -0.4 is 10.6 Å². The summed E-state index contributed by atoms with van der Waals surface area (Å²) in [7, 11) is 0. The summed E-state index contributed by atoms with van der Waals surface area (Å²) in [5.74, 6) is -1.13. The van der Waals surface area contributed by atoms with Crippen molar-refractivity contribution in [3.63, 3.8) is 0 Å². The number of benzene rings is 3. The largest absolute Gasteiger partial charge is 0.416 e. The Kier molecular flexibility index (Phi) is 6.59. The number of anilines is 2. The number of carbonyl (C=O) groups is 2. The van der Waals surface area contributed by atoms with E-state index in [2.05, 4.69) is 10.6 Å². The maximum atomic E-state index is 13.8. The highest BCUT2D eigenvalue weighted by molar-refractivity contribution is 6.07. The Bertz CT molecular complexity index is 1390. The molecule has 1 heterocycles. The van der Waals surface area contributed by atoms with Crippen molar-refractivity contribution >= 4 is 34.1 Å². The molecule has 0 unspecified atom stereocenters. The average Bonchev–Trinajstić information content (AvgIpc) is 3.16. The first-order valence-corrected chi connectivity index (χ1v) is 10.8. The number of hydrogen-bond acceptors (Lipinski definition) is 2. The van der Waals surface area contributed by atoms with E-state index < -0.39 is 23.5 Å². The highest BCUT2D eigenvalue weighted by atomic mass is 19.4. The Labute approximate surface area is 198 Å². The van der Waals surface area contributed by atoms with Crippen LogP contribution in [0.5, 0.6) is 0 Å². The van der Waals surface area contributed by atoms with Crippen molar-refractivity contribution < 1.29 is 27.2 Å². The SMILES string of the molecule is CCC(=O)Nc1ccc2c(c1)cc(C(=O)Nc1ccc(C(F)(F)F)cc1)n2Cc1cccc(F)c1. The van der Waals surface area contributed by atoms with Gasteiger partial charge in [0.1, 0.15) is 11.5 Å². The lowest BCUT2D eigenvalue weighted by molar-refractivity contribution is -0.137. The van der Waals surface area contributed by atoms with Crippen LogP contribution in [0.2, 0.25) is 0 Å². The number of nitrogens with zero attached hydrogens (tertiary/aromatic N) is 1. The fourth-order valence-electron chi connectivity index (χ4n) is 3.71. The van der Waals surface area contributed by atoms with Gasteiger partial charge in [-0.3, -0.25) is 9.59 Å². The third-order valence-corrected chi connectivity index (χ3v) is 5.44. The smallest absolute Gasteiger partial charge is 0.332 e. The number of rotatable bonds is 6. The van der Waals surface area contributed by atoms with Gasteiger partial charge in [-0.2, -0.15) is 13.2 Å². The number of halogens is 4. The molecule has 0 atom stereocenters. The molecular formula is C26H21F4N3O2. The minimum absolute atomic E-state index is 0.163. The molecule has 5 nitrogen and oxygen atoms in total. The molecule has 180 valence electrons. The summed E-state index contributed by atoms with van der Waals surface area (Å²) in [5, 5.41) is 6.05. The molecule has 0 aliphatic heterocycles. The molecule has 0 bridgehead atoms. The van der Waals surface area contributed by atoms with Crippen molar-refractivity contribution in [2.24, 2.45) is 0 Å². The summed E-state index contributed by atoms with van der Waals surface area (Å²) in [6.45, 7) is 1.91. The molecule has 2 N–H and O–H groups in total. The van der Waals surface area contributed by atoms with Gasteiger partial charge in [-0.1, -0.05) is 19.1 Å². The maximum Gasteiger partial charge on any atom is 0.416 e. The lowest BCUT2D eigenvalue weighted by Gasteiger charge is -2.13. The summed E-state index contributed by atoms with van der Waals surface area (Å²) in [6.07, 6.45) is -4.18. The van der Waals surface area contributed by atoms with Gasteiger partial charge in [-0.15, -0.1) is 0 Å². The second kappa shape index (κ2) is 9.61. The zero-order chi connectivity index (χ0) is 25.2. The normalized spacial score (nSPS) is 11.5. The highest BCUT2D eigenvalue weighted by Gasteiger charge is 2.30. The van der Waals surface area contributed by atoms with Crippen LogP contribution in [0.3, 0.4) is 0 Å². The molecule has 0 fully saturated rings. The predicted octanol–water partition coefficient (Wildman–Crippen LogP) is 6.45. The van der Waals surface area contributed by atoms with E-state index in [9.17, 15) is 27.2 Å². The number of aromatic nitrogens is 1. The van der Waals surface area contributed by atoms with Crippen LogP contribution in [0, 0.1) is 5.82 Å². The Morgan fingerprint density at radius 1 is 0.886 bits per heavy atom. The molecule has 0 saturated heterocycles. The standard InChI is InChI=1S/C26H21F4N3O2/c1-2-24(34)31-21-10-11-22-17(13-21)14-23(33(22)15-16-4-3-5-19(27)12-16)25(35)32-20-8-6-18(7-9-20)26(28,29)30/h3-14H,2,15H2,1H3,(H,31,34)(H,32,35). The van der Waals surface area contributed by atoms with E-state index >= 15 is 0 Å². The van der Waals surface area contributed by atoms with Crippen molar-refractivity contribution in [3.05, 3.63) is 95.4 Å². The summed E-state index contributed by atoms with van der Waals surface area (Å²) in [4.78, 5) is 24.9. The summed E-state index contributed by atoms with van der Waals surface area (Å²) in [6, 6.07) is 16.9. The quantitative estimate of drug-likeness (QED) is 0.310. The highest BCUT2D eigenvalue weighted by Crippen LogP contribution is 2.30. The number of alkyl halides is 3. The van der Waals surface area contributed by atoms with Crippen LogP contribution in [-0.2, 0) is 17.5 Å². The molecule has 35 heavy (non-hydrogen) atoms. The van der Waals surface area contributed by atoms with Gasteiger partial charge in [0.2, 0.25) is 5.91 Å². The minimum Gasteiger partial charge on any atom is -0.332 e. The van der Waals surface area contributed by atoms with E-state index in [-0.39, 0.29) is 23.8 Å². The van der Waals surface area contributed by atoms with E-state index in [4.69, 9.17) is 0 Å².